The third-order valence-corrected chi connectivity index (χ3v) is 13.9. The second-order valence-electron chi connectivity index (χ2n) is 20.7. The van der Waals surface area contributed by atoms with Crippen LogP contribution in [0.1, 0.15) is 77.5 Å². The van der Waals surface area contributed by atoms with Gasteiger partial charge in [-0.15, -0.1) is 0 Å². The van der Waals surface area contributed by atoms with Crippen LogP contribution in [0.25, 0.3) is 33.3 Å². The van der Waals surface area contributed by atoms with Gasteiger partial charge in [-0.1, -0.05) is 76.7 Å². The van der Waals surface area contributed by atoms with E-state index >= 15 is 0 Å². The molecule has 0 saturated carbocycles. The maximum Gasteiger partial charge on any atom is 0.355 e. The Hall–Kier alpha value is -6.54. The number of methoxy groups -OCH3 is 1. The molecule has 0 radical (unpaired) electrons. The van der Waals surface area contributed by atoms with E-state index < -0.39 is 58.3 Å². The zero-order valence-corrected chi connectivity index (χ0v) is 41.6. The number of nitrogens with one attached hydrogen (secondary N) is 2. The first-order valence-electron chi connectivity index (χ1n) is 24.1. The van der Waals surface area contributed by atoms with Crippen LogP contribution in [0, 0.1) is 28.6 Å². The minimum absolute atomic E-state index is 0.0671. The summed E-state index contributed by atoms with van der Waals surface area (Å²) in [6, 6.07) is 19.2. The predicted octanol–water partition coefficient (Wildman–Crippen LogP) is 5.61. The number of rotatable bonds is 11. The Kier molecular flexibility index (Phi) is 15.0. The molecule has 3 aromatic carbocycles. The summed E-state index contributed by atoms with van der Waals surface area (Å²) in [6.07, 6.45) is 2.25. The molecule has 1 aromatic heterocycles. The van der Waals surface area contributed by atoms with Gasteiger partial charge in [0.15, 0.2) is 0 Å². The number of benzene rings is 3. The summed E-state index contributed by atoms with van der Waals surface area (Å²) < 4.78 is 13.7. The summed E-state index contributed by atoms with van der Waals surface area (Å²) in [6.45, 7) is 16.1. The molecule has 4 atom stereocenters. The Bertz CT molecular complexity index is 2740. The molecule has 4 aromatic rings. The van der Waals surface area contributed by atoms with E-state index in [-0.39, 0.29) is 56.5 Å². The van der Waals surface area contributed by atoms with Gasteiger partial charge in [0.05, 0.1) is 36.3 Å². The number of phenolic OH excluding ortho intramolecular Hbond substituents is 1. The van der Waals surface area contributed by atoms with Crippen molar-refractivity contribution >= 4 is 40.5 Å². The summed E-state index contributed by atoms with van der Waals surface area (Å²) in [5.41, 5.74) is 4.90. The first kappa shape index (κ1) is 51.3. The van der Waals surface area contributed by atoms with Crippen molar-refractivity contribution in [3.8, 4) is 34.2 Å². The lowest BCUT2D eigenvalue weighted by atomic mass is 9.81. The molecule has 4 amide bonds. The number of aromatic hydroxyl groups is 1. The average Bonchev–Trinajstić information content (AvgIpc) is 3.95. The Morgan fingerprint density at radius 3 is 2.54 bits per heavy atom. The highest BCUT2D eigenvalue weighted by Gasteiger charge is 2.46. The van der Waals surface area contributed by atoms with Gasteiger partial charge in [0.2, 0.25) is 23.4 Å². The number of likely N-dealkylation sites (tertiary alicyclic amines) is 1. The number of ether oxygens (including phenoxy) is 2. The van der Waals surface area contributed by atoms with E-state index in [4.69, 9.17) is 9.47 Å². The number of hydrazine groups is 1. The molecule has 0 aliphatic carbocycles. The number of likely N-dealkylation sites (N-methyl/N-ethyl adjacent to an activating group) is 1. The summed E-state index contributed by atoms with van der Waals surface area (Å²) in [5, 5.41) is 39.0. The Balaban J connectivity index is 1.36. The first-order chi connectivity index (χ1) is 33.1. The van der Waals surface area contributed by atoms with Gasteiger partial charge in [-0.25, -0.2) is 4.79 Å². The van der Waals surface area contributed by atoms with Crippen LogP contribution in [-0.4, -0.2) is 124 Å². The molecule has 372 valence electrons. The largest absolute Gasteiger partial charge is 0.508 e. The third-order valence-electron chi connectivity index (χ3n) is 13.9. The summed E-state index contributed by atoms with van der Waals surface area (Å²) >= 11 is 0. The molecule has 7 rings (SSSR count). The number of nitriles is 1. The van der Waals surface area contributed by atoms with Crippen molar-refractivity contribution in [1.82, 2.24) is 30.1 Å². The number of phenols is 1. The lowest BCUT2D eigenvalue weighted by Crippen LogP contribution is -2.67. The Morgan fingerprint density at radius 2 is 1.84 bits per heavy atom. The van der Waals surface area contributed by atoms with E-state index in [1.807, 2.05) is 70.2 Å². The van der Waals surface area contributed by atoms with Crippen LogP contribution in [0.15, 0.2) is 73.3 Å². The minimum Gasteiger partial charge on any atom is -0.508 e. The zero-order chi connectivity index (χ0) is 50.9. The van der Waals surface area contributed by atoms with Crippen molar-refractivity contribution in [2.24, 2.45) is 17.3 Å². The van der Waals surface area contributed by atoms with Gasteiger partial charge in [-0.3, -0.25) is 24.2 Å². The number of hydrogen-bond acceptors (Lipinski definition) is 11. The minimum atomic E-state index is -2.30. The standard InChI is InChI=1S/C54H67N7O9/c1-10-44(63)59-22-18-37(29-59)49(65)58(8)46(33(2)3)48(64)56-42-26-34-24-38(27-39(62)25-34)36-16-17-41-43(28-36)60(31-52(4,5)32-70-51(67)54(68)20-13-21-61(57-54)50(42)66)47(45(41)53(6,7)30-55)40-15-12-11-14-35(40)19-23-69-9/h10-12,14-17,24-25,27-28,33,37,42,46,57,62,68H,1,13,18-23,26,29,31-32H2,2-9H3,(H,56,64)/t37-,42-,46-,54-/m0/s1. The highest BCUT2D eigenvalue weighted by atomic mass is 16.6. The molecule has 70 heavy (non-hydrogen) atoms. The molecule has 2 fully saturated rings. The number of aliphatic hydroxyl groups is 1. The van der Waals surface area contributed by atoms with Crippen LogP contribution < -0.4 is 10.7 Å². The van der Waals surface area contributed by atoms with E-state index in [1.54, 1.807) is 31.9 Å². The molecule has 2 saturated heterocycles. The molecule has 3 aliphatic rings. The van der Waals surface area contributed by atoms with Crippen molar-refractivity contribution in [2.45, 2.75) is 103 Å². The molecule has 4 N–H and O–H groups in total. The fourth-order valence-electron chi connectivity index (χ4n) is 10.3. The van der Waals surface area contributed by atoms with E-state index in [2.05, 4.69) is 34.0 Å². The fourth-order valence-corrected chi connectivity index (χ4v) is 10.3. The molecule has 0 spiro atoms. The Morgan fingerprint density at radius 1 is 1.10 bits per heavy atom. The molecule has 0 unspecified atom stereocenters. The van der Waals surface area contributed by atoms with Crippen LogP contribution in [0.4, 0.5) is 0 Å². The van der Waals surface area contributed by atoms with Crippen LogP contribution in [0.5, 0.6) is 5.75 Å². The lowest BCUT2D eigenvalue weighted by Gasteiger charge is -2.40. The summed E-state index contributed by atoms with van der Waals surface area (Å²) in [5.74, 6) is -3.89. The average molecular weight is 958 g/mol. The SMILES string of the molecule is C=CC(=O)N1CC[C@H](C(=O)N(C)[C@H](C(=O)N[C@H]2Cc3cc(O)cc(c3)-c3ccc4c(C(C)(C)C#N)c(-c5ccccc5CCOC)n(c4c3)CC(C)(C)COC(=O)[C@@]3(O)CCCN(N3)C2=O)C(C)C)C1. The van der Waals surface area contributed by atoms with Gasteiger partial charge in [0.1, 0.15) is 17.8 Å². The van der Waals surface area contributed by atoms with Gasteiger partial charge in [0.25, 0.3) is 5.91 Å². The quantitative estimate of drug-likeness (QED) is 0.107. The van der Waals surface area contributed by atoms with Crippen molar-refractivity contribution < 1.29 is 43.7 Å². The van der Waals surface area contributed by atoms with Gasteiger partial charge in [-0.05, 0) is 85.6 Å². The van der Waals surface area contributed by atoms with Gasteiger partial charge < -0.3 is 39.4 Å². The third kappa shape index (κ3) is 10.5. The molecular formula is C54H67N7O9. The maximum absolute atomic E-state index is 14.8. The van der Waals surface area contributed by atoms with E-state index in [0.29, 0.717) is 43.7 Å². The molecule has 3 aliphatic heterocycles. The second-order valence-corrected chi connectivity index (χ2v) is 20.7. The van der Waals surface area contributed by atoms with Crippen LogP contribution in [-0.2, 0) is 58.2 Å². The highest BCUT2D eigenvalue weighted by Crippen LogP contribution is 2.45. The summed E-state index contributed by atoms with van der Waals surface area (Å²) in [7, 11) is 3.20. The van der Waals surface area contributed by atoms with Crippen molar-refractivity contribution in [3.05, 3.63) is 90.0 Å². The predicted molar refractivity (Wildman–Crippen MR) is 264 cm³/mol. The molecule has 6 bridgehead atoms. The Labute approximate surface area is 410 Å². The number of amides is 4. The van der Waals surface area contributed by atoms with Crippen molar-refractivity contribution in [2.75, 3.05) is 47.0 Å². The number of esters is 1. The number of hydrogen-bond donors (Lipinski definition) is 4. The van der Waals surface area contributed by atoms with Crippen molar-refractivity contribution in [3.63, 3.8) is 0 Å². The fraction of sp³-hybridized carbons (Fsp3) is 0.481. The van der Waals surface area contributed by atoms with Gasteiger partial charge in [0, 0.05) is 80.6 Å². The first-order valence-corrected chi connectivity index (χ1v) is 24.1. The molecule has 16 heteroatoms. The highest BCUT2D eigenvalue weighted by molar-refractivity contribution is 5.97. The van der Waals surface area contributed by atoms with E-state index in [0.717, 1.165) is 43.9 Å². The van der Waals surface area contributed by atoms with Gasteiger partial charge >= 0.3 is 5.97 Å². The van der Waals surface area contributed by atoms with Crippen LogP contribution in [0.3, 0.4) is 0 Å². The van der Waals surface area contributed by atoms with Crippen LogP contribution >= 0.6 is 0 Å². The monoisotopic (exact) mass is 958 g/mol. The van der Waals surface area contributed by atoms with Crippen molar-refractivity contribution in [1.29, 1.82) is 5.26 Å². The number of cyclic esters (lactones) is 1. The number of nitrogens with zero attached hydrogens (tertiary/aromatic N) is 5. The van der Waals surface area contributed by atoms with Crippen LogP contribution in [0.2, 0.25) is 0 Å². The summed E-state index contributed by atoms with van der Waals surface area (Å²) in [4.78, 5) is 72.7. The van der Waals surface area contributed by atoms with E-state index in [9.17, 15) is 39.4 Å². The maximum atomic E-state index is 14.8. The smallest absolute Gasteiger partial charge is 0.355 e. The number of carbonyl (C=O) groups is 5. The molecule has 4 heterocycles. The second kappa shape index (κ2) is 20.4. The number of fused-ring (bicyclic) bond motifs is 6. The lowest BCUT2D eigenvalue weighted by molar-refractivity contribution is -0.189. The zero-order valence-electron chi connectivity index (χ0n) is 41.6. The van der Waals surface area contributed by atoms with Gasteiger partial charge in [-0.2, -0.15) is 10.7 Å². The topological polar surface area (TPSA) is 207 Å². The number of aromatic nitrogens is 1. The normalized spacial score (nSPS) is 21.2. The number of carbonyl (C=O) groups excluding carboxylic acids is 5. The van der Waals surface area contributed by atoms with E-state index in [1.165, 1.54) is 24.1 Å². The molecular weight excluding hydrogens is 891 g/mol. The molecule has 16 nitrogen and oxygen atoms in total.